The predicted molar refractivity (Wildman–Crippen MR) is 134 cm³/mol. The number of rotatable bonds is 9. The normalized spacial score (nSPS) is 14.0. The van der Waals surface area contributed by atoms with Crippen molar-refractivity contribution in [2.45, 2.75) is 25.7 Å². The molecule has 0 radical (unpaired) electrons. The molecule has 9 nitrogen and oxygen atoms in total. The Hall–Kier alpha value is -3.44. The number of allylic oxidation sites excluding steroid dienone is 3. The number of hydrogen-bond donors (Lipinski definition) is 3. The molecule has 182 valence electrons. The number of nitrogens with one attached hydrogen (secondary N) is 1. The largest absolute Gasteiger partial charge is 0.394 e. The van der Waals surface area contributed by atoms with E-state index in [2.05, 4.69) is 15.3 Å². The van der Waals surface area contributed by atoms with E-state index in [1.54, 1.807) is 0 Å². The monoisotopic (exact) mass is 493 g/mol. The lowest BCUT2D eigenvalue weighted by Gasteiger charge is -2.10. The van der Waals surface area contributed by atoms with Crippen molar-refractivity contribution in [3.63, 3.8) is 0 Å². The Kier molecular flexibility index (Phi) is 8.32. The van der Waals surface area contributed by atoms with Gasteiger partial charge in [0.15, 0.2) is 4.80 Å². The van der Waals surface area contributed by atoms with Gasteiger partial charge in [-0.25, -0.2) is 4.98 Å². The molecule has 3 aromatic rings. The number of fused-ring (bicyclic) bond motifs is 1. The molecule has 3 N–H and O–H groups in total. The molecule has 2 aromatic heterocycles. The number of aromatic nitrogens is 3. The molecule has 1 unspecified atom stereocenters. The summed E-state index contributed by atoms with van der Waals surface area (Å²) in [6.07, 6.45) is 8.94. The summed E-state index contributed by atoms with van der Waals surface area (Å²) in [4.78, 5) is 27.3. The number of hydrogen-bond acceptors (Lipinski definition) is 8. The predicted octanol–water partition coefficient (Wildman–Crippen LogP) is 2.23. The van der Waals surface area contributed by atoms with Crippen molar-refractivity contribution >= 4 is 29.0 Å². The molecule has 1 aliphatic rings. The van der Waals surface area contributed by atoms with Crippen LogP contribution in [0, 0.1) is 0 Å². The quantitative estimate of drug-likeness (QED) is 0.420. The SMILES string of the molecule is Cn1c(COCC(O)CO)csc1=NCc1ccccc1NC(=O)c1cnc2c(n1)CC=CC=C2. The second-order valence-electron chi connectivity index (χ2n) is 7.93. The molecule has 1 aliphatic carbocycles. The van der Waals surface area contributed by atoms with Gasteiger partial charge in [-0.2, -0.15) is 0 Å². The Bertz CT molecular complexity index is 1310. The van der Waals surface area contributed by atoms with Crippen molar-refractivity contribution in [2.24, 2.45) is 12.0 Å². The van der Waals surface area contributed by atoms with Crippen molar-refractivity contribution < 1.29 is 19.7 Å². The van der Waals surface area contributed by atoms with Crippen LogP contribution in [-0.2, 0) is 31.4 Å². The molecule has 0 bridgehead atoms. The number of carbonyl (C=O) groups is 1. The van der Waals surface area contributed by atoms with Crippen LogP contribution in [0.4, 0.5) is 5.69 Å². The van der Waals surface area contributed by atoms with Gasteiger partial charge in [0.1, 0.15) is 11.8 Å². The molecule has 35 heavy (non-hydrogen) atoms. The maximum atomic E-state index is 12.9. The van der Waals surface area contributed by atoms with E-state index in [1.807, 2.05) is 65.6 Å². The van der Waals surface area contributed by atoms with Gasteiger partial charge in [0.2, 0.25) is 0 Å². The summed E-state index contributed by atoms with van der Waals surface area (Å²) in [5.41, 5.74) is 4.24. The van der Waals surface area contributed by atoms with Crippen molar-refractivity contribution in [2.75, 3.05) is 18.5 Å². The van der Waals surface area contributed by atoms with Gasteiger partial charge in [-0.3, -0.25) is 14.8 Å². The fraction of sp³-hybridized carbons (Fsp3) is 0.280. The summed E-state index contributed by atoms with van der Waals surface area (Å²) in [6, 6.07) is 7.52. The zero-order valence-corrected chi connectivity index (χ0v) is 20.1. The smallest absolute Gasteiger partial charge is 0.275 e. The molecule has 0 fully saturated rings. The topological polar surface area (TPSA) is 122 Å². The minimum Gasteiger partial charge on any atom is -0.394 e. The van der Waals surface area contributed by atoms with Crippen LogP contribution in [0.5, 0.6) is 0 Å². The highest BCUT2D eigenvalue weighted by Crippen LogP contribution is 2.18. The molecular formula is C25H27N5O4S. The number of ether oxygens (including phenoxy) is 1. The van der Waals surface area contributed by atoms with E-state index in [0.717, 1.165) is 27.4 Å². The second-order valence-corrected chi connectivity index (χ2v) is 8.76. The third-order valence-corrected chi connectivity index (χ3v) is 6.37. The number of aliphatic hydroxyl groups is 2. The van der Waals surface area contributed by atoms with E-state index in [9.17, 15) is 9.90 Å². The van der Waals surface area contributed by atoms with Crippen LogP contribution < -0.4 is 10.1 Å². The van der Waals surface area contributed by atoms with E-state index in [-0.39, 0.29) is 24.8 Å². The van der Waals surface area contributed by atoms with Gasteiger partial charge in [-0.15, -0.1) is 11.3 Å². The zero-order chi connectivity index (χ0) is 24.6. The van der Waals surface area contributed by atoms with E-state index in [1.165, 1.54) is 17.5 Å². The molecule has 0 aliphatic heterocycles. The van der Waals surface area contributed by atoms with Crippen LogP contribution in [0.2, 0.25) is 0 Å². The number of anilines is 1. The van der Waals surface area contributed by atoms with Crippen molar-refractivity contribution in [3.05, 3.63) is 87.2 Å². The molecule has 4 rings (SSSR count). The van der Waals surface area contributed by atoms with E-state index in [4.69, 9.17) is 14.8 Å². The van der Waals surface area contributed by atoms with Crippen LogP contribution in [0.1, 0.15) is 33.1 Å². The average molecular weight is 494 g/mol. The third-order valence-electron chi connectivity index (χ3n) is 5.36. The summed E-state index contributed by atoms with van der Waals surface area (Å²) in [5, 5.41) is 23.2. The van der Waals surface area contributed by atoms with Gasteiger partial charge in [0, 0.05) is 24.5 Å². The fourth-order valence-corrected chi connectivity index (χ4v) is 4.27. The number of amides is 1. The first-order valence-electron chi connectivity index (χ1n) is 11.1. The Morgan fingerprint density at radius 2 is 2.20 bits per heavy atom. The Morgan fingerprint density at radius 3 is 3.06 bits per heavy atom. The van der Waals surface area contributed by atoms with E-state index >= 15 is 0 Å². The molecule has 1 amide bonds. The van der Waals surface area contributed by atoms with Gasteiger partial charge < -0.3 is 24.8 Å². The van der Waals surface area contributed by atoms with Crippen LogP contribution in [0.15, 0.2) is 59.1 Å². The molecule has 2 heterocycles. The summed E-state index contributed by atoms with van der Waals surface area (Å²) in [5.74, 6) is -0.323. The fourth-order valence-electron chi connectivity index (χ4n) is 3.39. The van der Waals surface area contributed by atoms with Crippen molar-refractivity contribution in [3.8, 4) is 0 Å². The van der Waals surface area contributed by atoms with Gasteiger partial charge in [0.05, 0.1) is 49.6 Å². The number of benzene rings is 1. The first-order chi connectivity index (χ1) is 17.0. The highest BCUT2D eigenvalue weighted by Gasteiger charge is 2.14. The van der Waals surface area contributed by atoms with E-state index < -0.39 is 6.10 Å². The maximum Gasteiger partial charge on any atom is 0.275 e. The third kappa shape index (κ3) is 6.37. The number of aliphatic hydroxyl groups excluding tert-OH is 2. The summed E-state index contributed by atoms with van der Waals surface area (Å²) >= 11 is 1.48. The zero-order valence-electron chi connectivity index (χ0n) is 19.3. The maximum absolute atomic E-state index is 12.9. The van der Waals surface area contributed by atoms with Gasteiger partial charge in [-0.1, -0.05) is 36.4 Å². The van der Waals surface area contributed by atoms with Gasteiger partial charge in [-0.05, 0) is 17.7 Å². The standard InChI is InChI=1S/C25H27N5O4S/c1-30-18(14-34-15-19(32)13-31)16-35-25(30)27-11-17-7-5-6-8-20(17)29-24(33)23-12-26-21-9-3-2-4-10-22(21)28-23/h2-9,12,16,19,31-32H,10-11,13-15H2,1H3,(H,29,33). The van der Waals surface area contributed by atoms with Crippen molar-refractivity contribution in [1.82, 2.24) is 14.5 Å². The lowest BCUT2D eigenvalue weighted by atomic mass is 10.1. The first-order valence-corrected chi connectivity index (χ1v) is 12.0. The molecule has 0 spiro atoms. The van der Waals surface area contributed by atoms with Crippen LogP contribution in [-0.4, -0.2) is 50.0 Å². The number of thiazole rings is 1. The molecule has 1 aromatic carbocycles. The van der Waals surface area contributed by atoms with Gasteiger partial charge in [0.25, 0.3) is 5.91 Å². The number of nitrogens with zero attached hydrogens (tertiary/aromatic N) is 4. The minimum absolute atomic E-state index is 0.0634. The number of para-hydroxylation sites is 1. The summed E-state index contributed by atoms with van der Waals surface area (Å²) in [7, 11) is 1.89. The lowest BCUT2D eigenvalue weighted by Crippen LogP contribution is -2.20. The first kappa shape index (κ1) is 24.7. The molecule has 10 heteroatoms. The summed E-state index contributed by atoms with van der Waals surface area (Å²) < 4.78 is 7.37. The minimum atomic E-state index is -0.889. The van der Waals surface area contributed by atoms with Crippen LogP contribution in [0.25, 0.3) is 6.08 Å². The number of carbonyl (C=O) groups excluding carboxylic acids is 1. The molecule has 0 saturated heterocycles. The highest BCUT2D eigenvalue weighted by molar-refractivity contribution is 7.07. The average Bonchev–Trinajstić information content (AvgIpc) is 3.06. The van der Waals surface area contributed by atoms with Crippen LogP contribution in [0.3, 0.4) is 0 Å². The Balaban J connectivity index is 1.45. The van der Waals surface area contributed by atoms with Gasteiger partial charge >= 0.3 is 0 Å². The van der Waals surface area contributed by atoms with Crippen molar-refractivity contribution in [1.29, 1.82) is 0 Å². The Labute approximate surface area is 206 Å². The molecule has 1 atom stereocenters. The molecular weight excluding hydrogens is 466 g/mol. The van der Waals surface area contributed by atoms with E-state index in [0.29, 0.717) is 25.3 Å². The Morgan fingerprint density at radius 1 is 1.34 bits per heavy atom. The lowest BCUT2D eigenvalue weighted by molar-refractivity contribution is -0.00140. The second kappa shape index (κ2) is 11.8. The molecule has 0 saturated carbocycles. The van der Waals surface area contributed by atoms with Crippen LogP contribution >= 0.6 is 11.3 Å². The highest BCUT2D eigenvalue weighted by atomic mass is 32.1. The summed E-state index contributed by atoms with van der Waals surface area (Å²) in [6.45, 7) is 0.410.